The Labute approximate surface area is 219 Å². The quantitative estimate of drug-likeness (QED) is 0.356. The first kappa shape index (κ1) is 28.0. The fourth-order valence-corrected chi connectivity index (χ4v) is 4.69. The third-order valence-electron chi connectivity index (χ3n) is 6.49. The summed E-state index contributed by atoms with van der Waals surface area (Å²) in [5.41, 5.74) is 9.22. The molecular formula is C30H38N2O5. The van der Waals surface area contributed by atoms with E-state index in [1.807, 2.05) is 32.9 Å². The third-order valence-corrected chi connectivity index (χ3v) is 6.49. The van der Waals surface area contributed by atoms with Crippen molar-refractivity contribution in [3.8, 4) is 11.1 Å². The van der Waals surface area contributed by atoms with Crippen LogP contribution >= 0.6 is 0 Å². The summed E-state index contributed by atoms with van der Waals surface area (Å²) >= 11 is 0. The number of primary amides is 1. The second kappa shape index (κ2) is 12.6. The molecule has 3 rings (SSSR count). The van der Waals surface area contributed by atoms with Crippen LogP contribution in [0.4, 0.5) is 4.79 Å². The highest BCUT2D eigenvalue weighted by atomic mass is 16.5. The van der Waals surface area contributed by atoms with Crippen molar-refractivity contribution in [2.24, 2.45) is 11.1 Å². The number of hydrogen-bond acceptors (Lipinski definition) is 5. The van der Waals surface area contributed by atoms with Crippen LogP contribution in [0.1, 0.15) is 63.5 Å². The minimum atomic E-state index is -0.750. The number of benzene rings is 2. The van der Waals surface area contributed by atoms with Gasteiger partial charge in [-0.2, -0.15) is 0 Å². The van der Waals surface area contributed by atoms with Gasteiger partial charge in [-0.3, -0.25) is 4.79 Å². The maximum atomic E-state index is 13.0. The average Bonchev–Trinajstić information content (AvgIpc) is 3.31. The van der Waals surface area contributed by atoms with Gasteiger partial charge in [-0.1, -0.05) is 81.5 Å². The van der Waals surface area contributed by atoms with Gasteiger partial charge in [-0.15, -0.1) is 0 Å². The summed E-state index contributed by atoms with van der Waals surface area (Å²) in [5.74, 6) is -0.299. The molecule has 198 valence electrons. The van der Waals surface area contributed by atoms with Gasteiger partial charge in [-0.25, -0.2) is 9.59 Å². The monoisotopic (exact) mass is 506 g/mol. The molecule has 2 aromatic carbocycles. The van der Waals surface area contributed by atoms with Crippen LogP contribution in [-0.4, -0.2) is 49.2 Å². The zero-order valence-corrected chi connectivity index (χ0v) is 22.2. The second-order valence-corrected chi connectivity index (χ2v) is 10.7. The Balaban J connectivity index is 1.72. The number of unbranched alkanes of at least 4 members (excludes halogenated alkanes) is 1. The summed E-state index contributed by atoms with van der Waals surface area (Å²) in [6.45, 7) is 6.88. The van der Waals surface area contributed by atoms with Crippen molar-refractivity contribution in [1.82, 2.24) is 4.90 Å². The zero-order chi connectivity index (χ0) is 27.0. The largest absolute Gasteiger partial charge is 0.467 e. The van der Waals surface area contributed by atoms with E-state index in [9.17, 15) is 14.4 Å². The van der Waals surface area contributed by atoms with Crippen LogP contribution in [-0.2, 0) is 19.1 Å². The Morgan fingerprint density at radius 1 is 1.08 bits per heavy atom. The number of amides is 2. The Morgan fingerprint density at radius 3 is 2.43 bits per heavy atom. The van der Waals surface area contributed by atoms with Crippen LogP contribution in [0.2, 0.25) is 0 Å². The molecule has 0 aromatic heterocycles. The number of carbonyl (C=O) groups is 3. The number of carbonyl (C=O) groups excluding carboxylic acids is 3. The number of hydrogen-bond donors (Lipinski definition) is 1. The van der Waals surface area contributed by atoms with Gasteiger partial charge in [-0.05, 0) is 46.9 Å². The van der Waals surface area contributed by atoms with E-state index in [-0.39, 0.29) is 23.2 Å². The first-order valence-corrected chi connectivity index (χ1v) is 12.7. The fraction of sp³-hybridized carbons (Fsp3) is 0.433. The molecule has 2 amide bonds. The maximum absolute atomic E-state index is 13.0. The molecule has 2 aromatic rings. The van der Waals surface area contributed by atoms with Crippen LogP contribution in [0.5, 0.6) is 0 Å². The lowest BCUT2D eigenvalue weighted by molar-refractivity contribution is -0.151. The lowest BCUT2D eigenvalue weighted by Gasteiger charge is -2.26. The molecule has 0 spiro atoms. The van der Waals surface area contributed by atoms with Gasteiger partial charge in [0.15, 0.2) is 0 Å². The molecule has 0 unspecified atom stereocenters. The molecule has 7 heteroatoms. The number of nitrogens with zero attached hydrogens (tertiary/aromatic N) is 1. The fourth-order valence-electron chi connectivity index (χ4n) is 4.69. The van der Waals surface area contributed by atoms with Gasteiger partial charge in [0.05, 0.1) is 13.7 Å². The highest BCUT2D eigenvalue weighted by Crippen LogP contribution is 2.35. The number of methoxy groups -OCH3 is 1. The minimum Gasteiger partial charge on any atom is -0.467 e. The smallest absolute Gasteiger partial charge is 0.404 e. The van der Waals surface area contributed by atoms with Gasteiger partial charge in [0, 0.05) is 18.9 Å². The first-order valence-electron chi connectivity index (χ1n) is 12.7. The topological polar surface area (TPSA) is 98.9 Å². The van der Waals surface area contributed by atoms with Crippen molar-refractivity contribution >= 4 is 24.0 Å². The van der Waals surface area contributed by atoms with E-state index in [0.717, 1.165) is 28.7 Å². The van der Waals surface area contributed by atoms with Crippen LogP contribution in [0, 0.1) is 5.41 Å². The van der Waals surface area contributed by atoms with Gasteiger partial charge in [0.1, 0.15) is 6.04 Å². The molecule has 37 heavy (non-hydrogen) atoms. The molecule has 2 atom stereocenters. The average molecular weight is 507 g/mol. The van der Waals surface area contributed by atoms with E-state index in [4.69, 9.17) is 15.2 Å². The summed E-state index contributed by atoms with van der Waals surface area (Å²) in [5, 5.41) is 0. The van der Waals surface area contributed by atoms with E-state index in [2.05, 4.69) is 48.6 Å². The molecule has 0 saturated carbocycles. The summed E-state index contributed by atoms with van der Waals surface area (Å²) in [6.07, 6.45) is 5.81. The molecule has 1 aliphatic rings. The second-order valence-electron chi connectivity index (χ2n) is 10.7. The normalized spacial score (nSPS) is 17.7. The Morgan fingerprint density at radius 2 is 1.78 bits per heavy atom. The molecule has 2 N–H and O–H groups in total. The Hall–Kier alpha value is -3.61. The molecule has 1 heterocycles. The number of nitrogens with two attached hydrogens (primary N) is 1. The van der Waals surface area contributed by atoms with Crippen molar-refractivity contribution in [3.63, 3.8) is 0 Å². The van der Waals surface area contributed by atoms with Crippen molar-refractivity contribution in [1.29, 1.82) is 0 Å². The van der Waals surface area contributed by atoms with E-state index in [1.54, 1.807) is 4.90 Å². The highest BCUT2D eigenvalue weighted by molar-refractivity contribution is 5.86. The lowest BCUT2D eigenvalue weighted by atomic mass is 9.91. The van der Waals surface area contributed by atoms with Gasteiger partial charge >= 0.3 is 12.1 Å². The zero-order valence-electron chi connectivity index (χ0n) is 22.2. The van der Waals surface area contributed by atoms with Crippen LogP contribution in [0.3, 0.4) is 0 Å². The SMILES string of the molecule is COC(=O)[C@@H]1C[C@@H](c2ccc(-c3ccccc3/C=C/CCCOC(N)=O)cc2)CN1C(=O)CC(C)(C)C. The lowest BCUT2D eigenvalue weighted by Crippen LogP contribution is -2.42. The van der Waals surface area contributed by atoms with E-state index in [1.165, 1.54) is 7.11 Å². The molecule has 1 aliphatic heterocycles. The standard InChI is InChI=1S/C30H38N2O5/c1-30(2,3)19-27(33)32-20-24(18-26(32)28(34)36-4)21-13-15-23(16-14-21)25-12-8-7-11-22(25)10-6-5-9-17-37-29(31)35/h6-8,10-16,24,26H,5,9,17-20H2,1-4H3,(H2,31,35)/b10-6+/t24-,26+/m1/s1. The Kier molecular flexibility index (Phi) is 9.50. The summed E-state index contributed by atoms with van der Waals surface area (Å²) in [4.78, 5) is 37.8. The molecule has 0 bridgehead atoms. The van der Waals surface area contributed by atoms with Gasteiger partial charge in [0.2, 0.25) is 5.91 Å². The van der Waals surface area contributed by atoms with Crippen LogP contribution < -0.4 is 5.73 Å². The number of esters is 1. The molecule has 7 nitrogen and oxygen atoms in total. The van der Waals surface area contributed by atoms with Crippen molar-refractivity contribution in [2.75, 3.05) is 20.3 Å². The van der Waals surface area contributed by atoms with Crippen molar-refractivity contribution < 1.29 is 23.9 Å². The highest BCUT2D eigenvalue weighted by Gasteiger charge is 2.41. The summed E-state index contributed by atoms with van der Waals surface area (Å²) in [7, 11) is 1.37. The van der Waals surface area contributed by atoms with E-state index < -0.39 is 12.1 Å². The molecule has 0 radical (unpaired) electrons. The number of rotatable bonds is 9. The van der Waals surface area contributed by atoms with Crippen molar-refractivity contribution in [3.05, 3.63) is 65.7 Å². The van der Waals surface area contributed by atoms with E-state index >= 15 is 0 Å². The van der Waals surface area contributed by atoms with Crippen LogP contribution in [0.15, 0.2) is 54.6 Å². The molecule has 1 fully saturated rings. The maximum Gasteiger partial charge on any atom is 0.404 e. The summed E-state index contributed by atoms with van der Waals surface area (Å²) < 4.78 is 9.78. The van der Waals surface area contributed by atoms with E-state index in [0.29, 0.717) is 32.4 Å². The minimum absolute atomic E-state index is 0.0103. The predicted octanol–water partition coefficient (Wildman–Crippen LogP) is 5.54. The molecule has 0 aliphatic carbocycles. The summed E-state index contributed by atoms with van der Waals surface area (Å²) in [6, 6.07) is 16.0. The predicted molar refractivity (Wildman–Crippen MR) is 145 cm³/mol. The number of likely N-dealkylation sites (tertiary alicyclic amines) is 1. The van der Waals surface area contributed by atoms with Crippen molar-refractivity contribution in [2.45, 2.75) is 58.4 Å². The van der Waals surface area contributed by atoms with Gasteiger partial charge in [0.25, 0.3) is 0 Å². The van der Waals surface area contributed by atoms with Crippen LogP contribution in [0.25, 0.3) is 17.2 Å². The Bertz CT molecular complexity index is 1120. The number of ether oxygens (including phenoxy) is 2. The third kappa shape index (κ3) is 7.94. The van der Waals surface area contributed by atoms with Gasteiger partial charge < -0.3 is 20.1 Å². The molecular weight excluding hydrogens is 468 g/mol. The first-order chi connectivity index (χ1) is 17.6. The number of allylic oxidation sites excluding steroid dienone is 1. The molecule has 1 saturated heterocycles.